The van der Waals surface area contributed by atoms with Crippen LogP contribution in [-0.2, 0) is 30.0 Å². The molecule has 2 rings (SSSR count). The second-order valence-corrected chi connectivity index (χ2v) is 15.0. The molecule has 1 aliphatic rings. The minimum atomic E-state index is -1.98. The number of carbonyl (C=O) groups is 1. The molecule has 0 spiro atoms. The second-order valence-electron chi connectivity index (χ2n) is 10.2. The van der Waals surface area contributed by atoms with Crippen molar-refractivity contribution in [1.82, 2.24) is 5.32 Å². The van der Waals surface area contributed by atoms with Crippen molar-refractivity contribution in [3.8, 4) is 0 Å². The molecule has 1 aromatic carbocycles. The lowest BCUT2D eigenvalue weighted by Gasteiger charge is -2.37. The van der Waals surface area contributed by atoms with Crippen LogP contribution in [0.1, 0.15) is 59.9 Å². The Labute approximate surface area is 195 Å². The monoisotopic (exact) mass is 465 g/mol. The van der Waals surface area contributed by atoms with Gasteiger partial charge in [-0.1, -0.05) is 65.0 Å². The lowest BCUT2D eigenvalue weighted by atomic mass is 10.1. The van der Waals surface area contributed by atoms with Crippen molar-refractivity contribution in [3.63, 3.8) is 0 Å². The van der Waals surface area contributed by atoms with Crippen LogP contribution in [0.15, 0.2) is 30.3 Å². The van der Waals surface area contributed by atoms with Gasteiger partial charge in [-0.05, 0) is 36.5 Å². The van der Waals surface area contributed by atoms with Crippen LogP contribution in [0, 0.1) is 0 Å². The lowest BCUT2D eigenvalue weighted by Crippen LogP contribution is -2.52. The molecule has 0 radical (unpaired) electrons. The van der Waals surface area contributed by atoms with Crippen LogP contribution in [0.3, 0.4) is 0 Å². The van der Waals surface area contributed by atoms with Crippen molar-refractivity contribution in [2.24, 2.45) is 0 Å². The number of amides is 1. The first-order valence-corrected chi connectivity index (χ1v) is 14.8. The fourth-order valence-corrected chi connectivity index (χ4v) is 4.53. The Morgan fingerprint density at radius 2 is 1.78 bits per heavy atom. The fourth-order valence-electron chi connectivity index (χ4n) is 3.51. The highest BCUT2D eigenvalue weighted by Crippen LogP contribution is 2.37. The largest absolute Gasteiger partial charge is 0.414 e. The number of benzene rings is 1. The van der Waals surface area contributed by atoms with Crippen molar-refractivity contribution >= 4 is 14.2 Å². The third kappa shape index (κ3) is 7.38. The molecule has 0 aliphatic carbocycles. The van der Waals surface area contributed by atoms with Crippen LogP contribution in [0.5, 0.6) is 0 Å². The third-order valence-corrected chi connectivity index (χ3v) is 11.1. The number of rotatable bonds is 11. The molecule has 182 valence electrons. The van der Waals surface area contributed by atoms with E-state index >= 15 is 0 Å². The summed E-state index contributed by atoms with van der Waals surface area (Å²) >= 11 is 0. The van der Waals surface area contributed by atoms with Crippen molar-refractivity contribution in [1.29, 1.82) is 0 Å². The van der Waals surface area contributed by atoms with Crippen molar-refractivity contribution in [3.05, 3.63) is 35.9 Å². The predicted octanol–water partition coefficient (Wildman–Crippen LogP) is 5.03. The predicted molar refractivity (Wildman–Crippen MR) is 130 cm³/mol. The van der Waals surface area contributed by atoms with E-state index in [1.54, 1.807) is 0 Å². The molecule has 1 N–H and O–H groups in total. The molecule has 1 amide bonds. The van der Waals surface area contributed by atoms with Gasteiger partial charge in [-0.15, -0.1) is 0 Å². The Kier molecular flexibility index (Phi) is 9.91. The van der Waals surface area contributed by atoms with Gasteiger partial charge in [0, 0.05) is 6.92 Å². The van der Waals surface area contributed by atoms with Crippen molar-refractivity contribution < 1.29 is 23.4 Å². The van der Waals surface area contributed by atoms with Gasteiger partial charge < -0.3 is 24.0 Å². The maximum Gasteiger partial charge on any atom is 0.217 e. The average Bonchev–Trinajstić information content (AvgIpc) is 3.04. The molecular weight excluding hydrogens is 422 g/mol. The highest BCUT2D eigenvalue weighted by atomic mass is 28.4. The standard InChI is InChI=1S/C25H43NO5Si/c1-9-20(10-2)30-23-22(26-18(3)27)21(17-29-32(7,8)25(4,5)6)31-24(23)28-16-19-14-12-11-13-15-19/h11-15,20-24H,9-10,16-17H2,1-8H3,(H,26,27)/t21-,22-,23+,24+/m1/s1. The molecule has 7 heteroatoms. The quantitative estimate of drug-likeness (QED) is 0.464. The average molecular weight is 466 g/mol. The fraction of sp³-hybridized carbons (Fsp3) is 0.720. The molecule has 6 nitrogen and oxygen atoms in total. The molecule has 0 bridgehead atoms. The zero-order valence-corrected chi connectivity index (χ0v) is 22.1. The Morgan fingerprint density at radius 1 is 1.16 bits per heavy atom. The lowest BCUT2D eigenvalue weighted by molar-refractivity contribution is -0.194. The van der Waals surface area contributed by atoms with E-state index in [9.17, 15) is 4.79 Å². The molecule has 4 atom stereocenters. The minimum absolute atomic E-state index is 0.0720. The summed E-state index contributed by atoms with van der Waals surface area (Å²) in [5.74, 6) is -0.113. The molecule has 1 fully saturated rings. The summed E-state index contributed by atoms with van der Waals surface area (Å²) in [6.45, 7) is 17.6. The summed E-state index contributed by atoms with van der Waals surface area (Å²) in [4.78, 5) is 12.1. The van der Waals surface area contributed by atoms with E-state index in [0.29, 0.717) is 13.2 Å². The van der Waals surface area contributed by atoms with E-state index < -0.39 is 20.7 Å². The maximum absolute atomic E-state index is 12.1. The van der Waals surface area contributed by atoms with E-state index in [-0.39, 0.29) is 29.2 Å². The highest BCUT2D eigenvalue weighted by Gasteiger charge is 2.48. The number of carbonyl (C=O) groups excluding carboxylic acids is 1. The first-order chi connectivity index (χ1) is 15.0. The van der Waals surface area contributed by atoms with Crippen LogP contribution < -0.4 is 5.32 Å². The van der Waals surface area contributed by atoms with Crippen LogP contribution in [0.25, 0.3) is 0 Å². The van der Waals surface area contributed by atoms with E-state index in [2.05, 4.69) is 53.0 Å². The van der Waals surface area contributed by atoms with Gasteiger partial charge in [0.2, 0.25) is 5.91 Å². The topological polar surface area (TPSA) is 66.0 Å². The summed E-state index contributed by atoms with van der Waals surface area (Å²) in [6.07, 6.45) is 0.518. The van der Waals surface area contributed by atoms with E-state index in [4.69, 9.17) is 18.6 Å². The van der Waals surface area contributed by atoms with Gasteiger partial charge in [0.05, 0.1) is 25.4 Å². The number of hydrogen-bond acceptors (Lipinski definition) is 5. The van der Waals surface area contributed by atoms with Crippen molar-refractivity contribution in [2.45, 2.75) is 110 Å². The molecule has 1 aromatic rings. The highest BCUT2D eigenvalue weighted by molar-refractivity contribution is 6.74. The Bertz CT molecular complexity index is 702. The zero-order chi connectivity index (χ0) is 23.9. The first kappa shape index (κ1) is 27.0. The smallest absolute Gasteiger partial charge is 0.217 e. The molecular formula is C25H43NO5Si. The van der Waals surface area contributed by atoms with E-state index in [1.165, 1.54) is 6.92 Å². The summed E-state index contributed by atoms with van der Waals surface area (Å²) in [7, 11) is -1.98. The molecule has 1 saturated heterocycles. The maximum atomic E-state index is 12.1. The first-order valence-electron chi connectivity index (χ1n) is 11.9. The van der Waals surface area contributed by atoms with Crippen LogP contribution >= 0.6 is 0 Å². The molecule has 0 aromatic heterocycles. The summed E-state index contributed by atoms with van der Waals surface area (Å²) in [6, 6.07) is 9.67. The van der Waals surface area contributed by atoms with Gasteiger partial charge in [0.1, 0.15) is 12.2 Å². The summed E-state index contributed by atoms with van der Waals surface area (Å²) in [5.41, 5.74) is 1.06. The second kappa shape index (κ2) is 11.7. The Hall–Kier alpha value is -1.25. The van der Waals surface area contributed by atoms with Gasteiger partial charge in [0.25, 0.3) is 0 Å². The molecule has 0 saturated carbocycles. The van der Waals surface area contributed by atoms with Crippen molar-refractivity contribution in [2.75, 3.05) is 6.61 Å². The number of hydrogen-bond donors (Lipinski definition) is 1. The van der Waals surface area contributed by atoms with Crippen LogP contribution in [-0.4, -0.2) is 51.5 Å². The SMILES string of the molecule is CCC(CC)O[C@@H]1[C@@H](OCc2ccccc2)O[C@H](CO[Si](C)(C)C(C)(C)C)[C@H]1NC(C)=O. The van der Waals surface area contributed by atoms with Gasteiger partial charge in [-0.25, -0.2) is 0 Å². The Balaban J connectivity index is 2.22. The molecule has 32 heavy (non-hydrogen) atoms. The molecule has 0 unspecified atom stereocenters. The molecule has 1 heterocycles. The van der Waals surface area contributed by atoms with Crippen LogP contribution in [0.4, 0.5) is 0 Å². The van der Waals surface area contributed by atoms with Gasteiger partial charge in [-0.3, -0.25) is 4.79 Å². The van der Waals surface area contributed by atoms with E-state index in [1.807, 2.05) is 30.3 Å². The van der Waals surface area contributed by atoms with Crippen LogP contribution in [0.2, 0.25) is 18.1 Å². The normalized spacial score (nSPS) is 24.2. The number of nitrogens with one attached hydrogen (secondary N) is 1. The van der Waals surface area contributed by atoms with Gasteiger partial charge >= 0.3 is 0 Å². The summed E-state index contributed by atoms with van der Waals surface area (Å²) < 4.78 is 25.4. The molecule has 1 aliphatic heterocycles. The zero-order valence-electron chi connectivity index (χ0n) is 21.1. The summed E-state index contributed by atoms with van der Waals surface area (Å²) in [5, 5.41) is 3.15. The van der Waals surface area contributed by atoms with Gasteiger partial charge in [0.15, 0.2) is 14.6 Å². The Morgan fingerprint density at radius 3 is 2.31 bits per heavy atom. The number of ether oxygens (including phenoxy) is 3. The minimum Gasteiger partial charge on any atom is -0.414 e. The third-order valence-electron chi connectivity index (χ3n) is 6.63. The van der Waals surface area contributed by atoms with Gasteiger partial charge in [-0.2, -0.15) is 0 Å². The van der Waals surface area contributed by atoms with E-state index in [0.717, 1.165) is 18.4 Å².